The molecule has 19 heavy (non-hydrogen) atoms. The fourth-order valence-corrected chi connectivity index (χ4v) is 2.30. The van der Waals surface area contributed by atoms with Gasteiger partial charge in [-0.15, -0.1) is 12.4 Å². The maximum absolute atomic E-state index is 12.7. The minimum absolute atomic E-state index is 0. The van der Waals surface area contributed by atoms with Crippen molar-refractivity contribution in [1.82, 2.24) is 0 Å². The van der Waals surface area contributed by atoms with E-state index >= 15 is 0 Å². The number of benzene rings is 1. The molecule has 2 rings (SSSR count). The molecule has 7 heteroatoms. The predicted molar refractivity (Wildman–Crippen MR) is 69.4 cm³/mol. The first-order chi connectivity index (χ1) is 8.32. The molecule has 1 aromatic carbocycles. The average Bonchev–Trinajstić information content (AvgIpc) is 3.09. The van der Waals surface area contributed by atoms with Gasteiger partial charge in [0.15, 0.2) is 0 Å². The molecule has 108 valence electrons. The lowest BCUT2D eigenvalue weighted by molar-refractivity contribution is -0.137. The molecule has 1 aliphatic carbocycles. The summed E-state index contributed by atoms with van der Waals surface area (Å²) < 4.78 is 38.0. The van der Waals surface area contributed by atoms with Crippen LogP contribution in [-0.4, -0.2) is 11.2 Å². The lowest BCUT2D eigenvalue weighted by atomic mass is 9.97. The first-order valence-corrected chi connectivity index (χ1v) is 5.99. The Hall–Kier alpha value is -0.490. The van der Waals surface area contributed by atoms with E-state index < -0.39 is 28.9 Å². The zero-order chi connectivity index (χ0) is 13.5. The number of hydrogen-bond donors (Lipinski definition) is 2. The van der Waals surface area contributed by atoms with E-state index in [1.807, 2.05) is 0 Å². The molecular weight excluding hydrogens is 302 g/mol. The van der Waals surface area contributed by atoms with E-state index in [9.17, 15) is 18.3 Å². The second-order valence-corrected chi connectivity index (χ2v) is 4.94. The van der Waals surface area contributed by atoms with Crippen LogP contribution in [0.25, 0.3) is 0 Å². The van der Waals surface area contributed by atoms with Crippen LogP contribution in [-0.2, 0) is 6.18 Å². The summed E-state index contributed by atoms with van der Waals surface area (Å²) in [6, 6.07) is 2.70. The van der Waals surface area contributed by atoms with Crippen LogP contribution in [0.2, 0.25) is 5.02 Å². The third-order valence-corrected chi connectivity index (χ3v) is 3.59. The number of hydrogen-bond acceptors (Lipinski definition) is 2. The van der Waals surface area contributed by atoms with Gasteiger partial charge < -0.3 is 10.8 Å². The molecule has 0 radical (unpaired) electrons. The van der Waals surface area contributed by atoms with Crippen molar-refractivity contribution in [2.75, 3.05) is 0 Å². The van der Waals surface area contributed by atoms with Crippen molar-refractivity contribution >= 4 is 24.0 Å². The third-order valence-electron chi connectivity index (χ3n) is 3.17. The van der Waals surface area contributed by atoms with Crippen molar-refractivity contribution in [3.05, 3.63) is 34.3 Å². The number of aliphatic hydroxyl groups excluding tert-OH is 1. The molecule has 0 spiro atoms. The van der Waals surface area contributed by atoms with Gasteiger partial charge in [-0.2, -0.15) is 13.2 Å². The third kappa shape index (κ3) is 3.54. The van der Waals surface area contributed by atoms with Crippen LogP contribution in [0.3, 0.4) is 0 Å². The Morgan fingerprint density at radius 1 is 1.32 bits per heavy atom. The Labute approximate surface area is 120 Å². The van der Waals surface area contributed by atoms with Crippen molar-refractivity contribution in [3.63, 3.8) is 0 Å². The maximum Gasteiger partial charge on any atom is 0.417 e. The monoisotopic (exact) mass is 315 g/mol. The highest BCUT2D eigenvalue weighted by Gasteiger charge is 2.38. The molecule has 3 N–H and O–H groups in total. The Morgan fingerprint density at radius 3 is 2.37 bits per heavy atom. The number of nitrogens with two attached hydrogens (primary N) is 1. The maximum atomic E-state index is 12.7. The van der Waals surface area contributed by atoms with Crippen LogP contribution in [0.15, 0.2) is 18.2 Å². The number of alkyl halides is 3. The summed E-state index contributed by atoms with van der Waals surface area (Å²) in [5.41, 5.74) is 5.02. The molecule has 0 heterocycles. The van der Waals surface area contributed by atoms with Gasteiger partial charge in [0.1, 0.15) is 0 Å². The Balaban J connectivity index is 0.00000180. The van der Waals surface area contributed by atoms with Crippen LogP contribution >= 0.6 is 24.0 Å². The van der Waals surface area contributed by atoms with E-state index in [0.29, 0.717) is 0 Å². The largest absolute Gasteiger partial charge is 0.417 e. The first kappa shape index (κ1) is 16.6. The zero-order valence-corrected chi connectivity index (χ0v) is 11.4. The van der Waals surface area contributed by atoms with Gasteiger partial charge in [0.2, 0.25) is 0 Å². The number of aliphatic hydroxyl groups is 1. The summed E-state index contributed by atoms with van der Waals surface area (Å²) in [7, 11) is 0. The van der Waals surface area contributed by atoms with Gasteiger partial charge in [-0.25, -0.2) is 0 Å². The quantitative estimate of drug-likeness (QED) is 0.896. The van der Waals surface area contributed by atoms with E-state index in [1.165, 1.54) is 12.1 Å². The minimum Gasteiger partial charge on any atom is -0.391 e. The smallest absolute Gasteiger partial charge is 0.391 e. The van der Waals surface area contributed by atoms with Crippen molar-refractivity contribution in [2.45, 2.75) is 31.2 Å². The molecule has 1 aromatic rings. The van der Waals surface area contributed by atoms with E-state index in [0.717, 1.165) is 18.9 Å². The minimum atomic E-state index is -4.52. The van der Waals surface area contributed by atoms with Gasteiger partial charge >= 0.3 is 6.18 Å². The van der Waals surface area contributed by atoms with Gasteiger partial charge in [-0.3, -0.25) is 0 Å². The molecule has 0 bridgehead atoms. The summed E-state index contributed by atoms with van der Waals surface area (Å²) in [6.07, 6.45) is -3.65. The van der Waals surface area contributed by atoms with E-state index in [4.69, 9.17) is 17.3 Å². The molecule has 0 aromatic heterocycles. The second kappa shape index (κ2) is 5.87. The van der Waals surface area contributed by atoms with E-state index in [-0.39, 0.29) is 23.9 Å². The molecular formula is C12H14Cl2F3NO. The predicted octanol–water partition coefficient (Wildman–Crippen LogP) is 3.55. The highest BCUT2D eigenvalue weighted by Crippen LogP contribution is 2.41. The van der Waals surface area contributed by atoms with Crippen LogP contribution in [0, 0.1) is 5.92 Å². The van der Waals surface area contributed by atoms with Crippen LogP contribution in [0.4, 0.5) is 13.2 Å². The summed E-state index contributed by atoms with van der Waals surface area (Å²) in [6.45, 7) is 0. The topological polar surface area (TPSA) is 46.2 Å². The van der Waals surface area contributed by atoms with Crippen LogP contribution < -0.4 is 5.73 Å². The molecule has 1 saturated carbocycles. The molecule has 0 saturated heterocycles. The number of rotatable bonds is 3. The molecule has 0 aliphatic heterocycles. The fraction of sp³-hybridized carbons (Fsp3) is 0.500. The second-order valence-electron chi connectivity index (χ2n) is 4.56. The van der Waals surface area contributed by atoms with Crippen molar-refractivity contribution < 1.29 is 18.3 Å². The lowest BCUT2D eigenvalue weighted by Crippen LogP contribution is -2.28. The van der Waals surface area contributed by atoms with Crippen LogP contribution in [0.5, 0.6) is 0 Å². The highest BCUT2D eigenvalue weighted by molar-refractivity contribution is 6.32. The van der Waals surface area contributed by atoms with E-state index in [1.54, 1.807) is 0 Å². The average molecular weight is 316 g/mol. The van der Waals surface area contributed by atoms with Gasteiger partial charge in [0.25, 0.3) is 0 Å². The van der Waals surface area contributed by atoms with Gasteiger partial charge in [0, 0.05) is 0 Å². The molecule has 2 nitrogen and oxygen atoms in total. The van der Waals surface area contributed by atoms with Crippen LogP contribution in [0.1, 0.15) is 30.0 Å². The summed E-state index contributed by atoms with van der Waals surface area (Å²) in [5.74, 6) is 0.0746. The van der Waals surface area contributed by atoms with Crippen molar-refractivity contribution in [3.8, 4) is 0 Å². The zero-order valence-electron chi connectivity index (χ0n) is 9.82. The van der Waals surface area contributed by atoms with Gasteiger partial charge in [-0.1, -0.05) is 23.7 Å². The molecule has 0 unspecified atom stereocenters. The standard InChI is InChI=1S/C12H13ClF3NO.ClH/c13-9-7(10(17)11(18)6-4-5-6)2-1-3-8(9)12(14,15)16;/h1-3,6,10-11,18H,4-5,17H2;1H/t10-,11+;/m1./s1. The SMILES string of the molecule is Cl.N[C@H](c1cccc(C(F)(F)F)c1Cl)[C@@H](O)C1CC1. The molecule has 2 atom stereocenters. The first-order valence-electron chi connectivity index (χ1n) is 5.61. The molecule has 1 fully saturated rings. The Kier molecular flexibility index (Phi) is 5.12. The Bertz CT molecular complexity index is 449. The molecule has 0 amide bonds. The Morgan fingerprint density at radius 2 is 1.89 bits per heavy atom. The van der Waals surface area contributed by atoms with E-state index in [2.05, 4.69) is 0 Å². The molecule has 1 aliphatic rings. The summed E-state index contributed by atoms with van der Waals surface area (Å²) >= 11 is 5.75. The summed E-state index contributed by atoms with van der Waals surface area (Å²) in [4.78, 5) is 0. The van der Waals surface area contributed by atoms with Crippen molar-refractivity contribution in [1.29, 1.82) is 0 Å². The van der Waals surface area contributed by atoms with Crippen molar-refractivity contribution in [2.24, 2.45) is 11.7 Å². The fourth-order valence-electron chi connectivity index (χ4n) is 1.94. The normalized spacial score (nSPS) is 18.6. The van der Waals surface area contributed by atoms with Gasteiger partial charge in [0.05, 0.1) is 22.7 Å². The number of halogens is 5. The highest BCUT2D eigenvalue weighted by atomic mass is 35.5. The lowest BCUT2D eigenvalue weighted by Gasteiger charge is -2.21. The van der Waals surface area contributed by atoms with Gasteiger partial charge in [-0.05, 0) is 30.4 Å². The summed E-state index contributed by atoms with van der Waals surface area (Å²) in [5, 5.41) is 9.44.